The summed E-state index contributed by atoms with van der Waals surface area (Å²) in [6, 6.07) is 11.3. The Balaban J connectivity index is 1.84. The Morgan fingerprint density at radius 1 is 1.24 bits per heavy atom. The molecule has 150 valence electrons. The minimum Gasteiger partial charge on any atom is -0.493 e. The number of benzene rings is 2. The van der Waals surface area contributed by atoms with Crippen molar-refractivity contribution < 1.29 is 19.1 Å². The third kappa shape index (κ3) is 5.23. The lowest BCUT2D eigenvalue weighted by Gasteiger charge is -2.13. The molecule has 1 aliphatic heterocycles. The maximum Gasteiger partial charge on any atom is 0.293 e. The van der Waals surface area contributed by atoms with Crippen molar-refractivity contribution in [2.75, 3.05) is 13.7 Å². The van der Waals surface area contributed by atoms with Crippen LogP contribution < -0.4 is 9.47 Å². The SMILES string of the molecule is C=CCOc1c(Br)cc(/C=C2\SC(=O)N(Cc3ccc(I)cc3)C2=O)cc1OC. The molecule has 0 N–H and O–H groups in total. The van der Waals surface area contributed by atoms with Crippen LogP contribution in [0, 0.1) is 3.57 Å². The molecule has 1 saturated heterocycles. The maximum absolute atomic E-state index is 12.8. The molecule has 0 aromatic heterocycles. The molecule has 29 heavy (non-hydrogen) atoms. The zero-order valence-electron chi connectivity index (χ0n) is 15.5. The largest absolute Gasteiger partial charge is 0.493 e. The summed E-state index contributed by atoms with van der Waals surface area (Å²) in [5, 5.41) is -0.281. The molecule has 2 amide bonds. The van der Waals surface area contributed by atoms with Gasteiger partial charge >= 0.3 is 0 Å². The van der Waals surface area contributed by atoms with Crippen LogP contribution in [-0.4, -0.2) is 29.8 Å². The van der Waals surface area contributed by atoms with E-state index in [2.05, 4.69) is 45.1 Å². The summed E-state index contributed by atoms with van der Waals surface area (Å²) in [6.45, 7) is 4.23. The first kappa shape index (κ1) is 21.9. The molecule has 0 aliphatic carbocycles. The lowest BCUT2D eigenvalue weighted by atomic mass is 10.1. The van der Waals surface area contributed by atoms with E-state index in [9.17, 15) is 9.59 Å². The first-order chi connectivity index (χ1) is 13.9. The summed E-state index contributed by atoms with van der Waals surface area (Å²) in [4.78, 5) is 26.8. The average Bonchev–Trinajstić information content (AvgIpc) is 2.95. The monoisotopic (exact) mass is 585 g/mol. The van der Waals surface area contributed by atoms with Crippen molar-refractivity contribution in [2.45, 2.75) is 6.54 Å². The summed E-state index contributed by atoms with van der Waals surface area (Å²) >= 11 is 6.62. The molecule has 0 bridgehead atoms. The highest BCUT2D eigenvalue weighted by molar-refractivity contribution is 14.1. The molecule has 2 aromatic carbocycles. The van der Waals surface area contributed by atoms with Gasteiger partial charge in [0, 0.05) is 3.57 Å². The van der Waals surface area contributed by atoms with Gasteiger partial charge in [-0.1, -0.05) is 24.8 Å². The van der Waals surface area contributed by atoms with Crippen molar-refractivity contribution in [1.29, 1.82) is 0 Å². The molecule has 0 unspecified atom stereocenters. The molecule has 5 nitrogen and oxygen atoms in total. The number of thioether (sulfide) groups is 1. The van der Waals surface area contributed by atoms with E-state index in [-0.39, 0.29) is 17.7 Å². The Morgan fingerprint density at radius 3 is 2.62 bits per heavy atom. The molecular weight excluding hydrogens is 569 g/mol. The number of imide groups is 1. The average molecular weight is 586 g/mol. The summed E-state index contributed by atoms with van der Waals surface area (Å²) in [5.74, 6) is 0.766. The number of ether oxygens (including phenoxy) is 2. The molecule has 3 rings (SSSR count). The number of rotatable bonds is 7. The van der Waals surface area contributed by atoms with E-state index in [1.807, 2.05) is 30.3 Å². The number of amides is 2. The van der Waals surface area contributed by atoms with Crippen molar-refractivity contribution >= 4 is 67.5 Å². The highest BCUT2D eigenvalue weighted by atomic mass is 127. The van der Waals surface area contributed by atoms with Gasteiger partial charge in [0.1, 0.15) is 6.61 Å². The molecule has 2 aromatic rings. The molecule has 0 saturated carbocycles. The molecule has 0 spiro atoms. The van der Waals surface area contributed by atoms with Crippen LogP contribution in [0.1, 0.15) is 11.1 Å². The zero-order chi connectivity index (χ0) is 21.0. The minimum absolute atomic E-state index is 0.250. The summed E-state index contributed by atoms with van der Waals surface area (Å²) < 4.78 is 12.8. The van der Waals surface area contributed by atoms with E-state index < -0.39 is 0 Å². The van der Waals surface area contributed by atoms with Gasteiger partial charge in [-0.25, -0.2) is 0 Å². The number of carbonyl (C=O) groups excluding carboxylic acids is 2. The van der Waals surface area contributed by atoms with E-state index >= 15 is 0 Å². The fourth-order valence-electron chi connectivity index (χ4n) is 2.67. The molecule has 1 fully saturated rings. The van der Waals surface area contributed by atoms with Gasteiger partial charge in [-0.05, 0) is 91.8 Å². The van der Waals surface area contributed by atoms with Crippen LogP contribution in [0.3, 0.4) is 0 Å². The molecule has 0 atom stereocenters. The number of carbonyl (C=O) groups is 2. The standard InChI is InChI=1S/C21H17BrINO4S/c1-3-8-28-19-16(22)9-14(10-17(19)27-2)11-18-20(25)24(21(26)29-18)12-13-4-6-15(23)7-5-13/h3-7,9-11H,1,8,12H2,2H3/b18-11-. The van der Waals surface area contributed by atoms with E-state index in [1.54, 1.807) is 25.3 Å². The van der Waals surface area contributed by atoms with Crippen LogP contribution in [0.2, 0.25) is 0 Å². The fourth-order valence-corrected chi connectivity index (χ4v) is 4.44. The van der Waals surface area contributed by atoms with Gasteiger partial charge < -0.3 is 9.47 Å². The van der Waals surface area contributed by atoms with Crippen molar-refractivity contribution in [2.24, 2.45) is 0 Å². The molecule has 8 heteroatoms. The van der Waals surface area contributed by atoms with E-state index in [0.717, 1.165) is 26.5 Å². The molecule has 1 aliphatic rings. The summed E-state index contributed by atoms with van der Waals surface area (Å²) in [7, 11) is 1.54. The van der Waals surface area contributed by atoms with Crippen LogP contribution in [0.15, 0.2) is 58.4 Å². The Hall–Kier alpha value is -1.78. The Kier molecular flexibility index (Phi) is 7.42. The van der Waals surface area contributed by atoms with Crippen LogP contribution >= 0.6 is 50.3 Å². The molecule has 1 heterocycles. The van der Waals surface area contributed by atoms with E-state index in [1.165, 1.54) is 4.90 Å². The Morgan fingerprint density at radius 2 is 1.97 bits per heavy atom. The predicted molar refractivity (Wildman–Crippen MR) is 127 cm³/mol. The molecular formula is C21H17BrINO4S. The Bertz CT molecular complexity index is 991. The third-order valence-corrected chi connectivity index (χ3v) is 6.24. The number of hydrogen-bond acceptors (Lipinski definition) is 5. The summed E-state index contributed by atoms with van der Waals surface area (Å²) in [6.07, 6.45) is 3.33. The van der Waals surface area contributed by atoms with Crippen molar-refractivity contribution in [3.05, 3.63) is 73.1 Å². The lowest BCUT2D eigenvalue weighted by molar-refractivity contribution is -0.123. The van der Waals surface area contributed by atoms with Crippen LogP contribution in [0.5, 0.6) is 11.5 Å². The molecule has 0 radical (unpaired) electrons. The van der Waals surface area contributed by atoms with Crippen LogP contribution in [-0.2, 0) is 11.3 Å². The van der Waals surface area contributed by atoms with Crippen LogP contribution in [0.4, 0.5) is 4.79 Å². The second kappa shape index (κ2) is 9.82. The third-order valence-electron chi connectivity index (χ3n) is 4.02. The van der Waals surface area contributed by atoms with Gasteiger partial charge in [0.25, 0.3) is 11.1 Å². The van der Waals surface area contributed by atoms with E-state index in [0.29, 0.717) is 27.5 Å². The highest BCUT2D eigenvalue weighted by Gasteiger charge is 2.35. The predicted octanol–water partition coefficient (Wildman–Crippen LogP) is 5.86. The first-order valence-corrected chi connectivity index (χ1v) is 11.2. The normalized spacial score (nSPS) is 15.1. The zero-order valence-corrected chi connectivity index (χ0v) is 20.0. The van der Waals surface area contributed by atoms with Crippen molar-refractivity contribution in [3.63, 3.8) is 0 Å². The van der Waals surface area contributed by atoms with Gasteiger partial charge in [0.2, 0.25) is 0 Å². The second-order valence-corrected chi connectivity index (χ2v) is 9.12. The van der Waals surface area contributed by atoms with Gasteiger partial charge in [0.05, 0.1) is 23.0 Å². The fraction of sp³-hybridized carbons (Fsp3) is 0.143. The number of halogens is 2. The lowest BCUT2D eigenvalue weighted by Crippen LogP contribution is -2.27. The number of methoxy groups -OCH3 is 1. The minimum atomic E-state index is -0.305. The number of nitrogens with zero attached hydrogens (tertiary/aromatic N) is 1. The Labute approximate surface area is 195 Å². The maximum atomic E-state index is 12.8. The van der Waals surface area contributed by atoms with Gasteiger partial charge in [0.15, 0.2) is 11.5 Å². The quantitative estimate of drug-likeness (QED) is 0.231. The van der Waals surface area contributed by atoms with Gasteiger partial charge in [-0.15, -0.1) is 0 Å². The van der Waals surface area contributed by atoms with Crippen molar-refractivity contribution in [3.8, 4) is 11.5 Å². The smallest absolute Gasteiger partial charge is 0.293 e. The van der Waals surface area contributed by atoms with Gasteiger partial charge in [-0.2, -0.15) is 0 Å². The summed E-state index contributed by atoms with van der Waals surface area (Å²) in [5.41, 5.74) is 1.63. The van der Waals surface area contributed by atoms with Crippen LogP contribution in [0.25, 0.3) is 6.08 Å². The first-order valence-electron chi connectivity index (χ1n) is 8.54. The highest BCUT2D eigenvalue weighted by Crippen LogP contribution is 2.39. The van der Waals surface area contributed by atoms with E-state index in [4.69, 9.17) is 9.47 Å². The van der Waals surface area contributed by atoms with Crippen molar-refractivity contribution in [1.82, 2.24) is 4.90 Å². The second-order valence-electron chi connectivity index (χ2n) is 6.03. The van der Waals surface area contributed by atoms with Gasteiger partial charge in [-0.3, -0.25) is 14.5 Å². The number of hydrogen-bond donors (Lipinski definition) is 0. The topological polar surface area (TPSA) is 55.8 Å².